The van der Waals surface area contributed by atoms with Crippen LogP contribution in [0.2, 0.25) is 0 Å². The Balaban J connectivity index is 1.69. The van der Waals surface area contributed by atoms with Gasteiger partial charge in [-0.05, 0) is 13.0 Å². The summed E-state index contributed by atoms with van der Waals surface area (Å²) < 4.78 is 27.3. The number of rotatable bonds is 3. The molecule has 20 heavy (non-hydrogen) atoms. The van der Waals surface area contributed by atoms with Crippen LogP contribution in [0.25, 0.3) is 0 Å². The first-order chi connectivity index (χ1) is 9.47. The van der Waals surface area contributed by atoms with Crippen LogP contribution < -0.4 is 5.32 Å². The van der Waals surface area contributed by atoms with E-state index < -0.39 is 6.43 Å². The van der Waals surface area contributed by atoms with E-state index in [0.29, 0.717) is 25.1 Å². The van der Waals surface area contributed by atoms with Crippen molar-refractivity contribution in [2.45, 2.75) is 25.8 Å². The van der Waals surface area contributed by atoms with Gasteiger partial charge in [-0.3, -0.25) is 14.4 Å². The lowest BCUT2D eigenvalue weighted by Crippen LogP contribution is -2.29. The molecule has 7 heteroatoms. The molecular weight excluding hydrogens is 266 g/mol. The van der Waals surface area contributed by atoms with Crippen LogP contribution in [0, 0.1) is 5.41 Å². The Morgan fingerprint density at radius 1 is 1.55 bits per heavy atom. The standard InChI is InChI=1S/C13H18F2N4O/c1-18-5-9(11(17-18)12(14)15)6-19-3-2-13(8-19)4-10(20)16-7-13/h5,12H,2-4,6-8H2,1H3,(H,16,20). The van der Waals surface area contributed by atoms with Crippen molar-refractivity contribution in [2.75, 3.05) is 19.6 Å². The van der Waals surface area contributed by atoms with Crippen LogP contribution in [-0.4, -0.2) is 40.2 Å². The van der Waals surface area contributed by atoms with Crippen molar-refractivity contribution in [1.82, 2.24) is 20.0 Å². The Morgan fingerprint density at radius 2 is 2.35 bits per heavy atom. The molecule has 1 aromatic heterocycles. The average Bonchev–Trinajstić information content (AvgIpc) is 3.02. The second-order valence-corrected chi connectivity index (χ2v) is 5.93. The topological polar surface area (TPSA) is 50.2 Å². The lowest BCUT2D eigenvalue weighted by Gasteiger charge is -2.21. The number of nitrogens with one attached hydrogen (secondary N) is 1. The van der Waals surface area contributed by atoms with Crippen LogP contribution in [0.4, 0.5) is 8.78 Å². The predicted octanol–water partition coefficient (Wildman–Crippen LogP) is 1.07. The van der Waals surface area contributed by atoms with Crippen LogP contribution in [-0.2, 0) is 18.4 Å². The fraction of sp³-hybridized carbons (Fsp3) is 0.692. The summed E-state index contributed by atoms with van der Waals surface area (Å²) in [6.07, 6.45) is 0.608. The third kappa shape index (κ3) is 2.42. The molecule has 1 unspecified atom stereocenters. The molecule has 3 heterocycles. The zero-order valence-electron chi connectivity index (χ0n) is 11.4. The average molecular weight is 284 g/mol. The van der Waals surface area contributed by atoms with Crippen molar-refractivity contribution >= 4 is 5.91 Å². The zero-order valence-corrected chi connectivity index (χ0v) is 11.4. The van der Waals surface area contributed by atoms with Gasteiger partial charge in [0.1, 0.15) is 5.69 Å². The first kappa shape index (κ1) is 13.5. The maximum Gasteiger partial charge on any atom is 0.282 e. The fourth-order valence-electron chi connectivity index (χ4n) is 3.30. The highest BCUT2D eigenvalue weighted by Gasteiger charge is 2.43. The number of halogens is 2. The minimum atomic E-state index is -2.54. The number of carbonyl (C=O) groups is 1. The normalized spacial score (nSPS) is 26.9. The quantitative estimate of drug-likeness (QED) is 0.903. The van der Waals surface area contributed by atoms with E-state index in [1.807, 2.05) is 0 Å². The van der Waals surface area contributed by atoms with Crippen molar-refractivity contribution in [2.24, 2.45) is 12.5 Å². The van der Waals surface area contributed by atoms with E-state index in [9.17, 15) is 13.6 Å². The molecule has 3 rings (SSSR count). The summed E-state index contributed by atoms with van der Waals surface area (Å²) in [5, 5.41) is 6.70. The molecule has 0 aliphatic carbocycles. The molecule has 0 aromatic carbocycles. The molecule has 1 amide bonds. The van der Waals surface area contributed by atoms with Gasteiger partial charge in [-0.15, -0.1) is 0 Å². The molecule has 0 bridgehead atoms. The summed E-state index contributed by atoms with van der Waals surface area (Å²) in [6.45, 7) is 2.80. The van der Waals surface area contributed by atoms with Crippen LogP contribution >= 0.6 is 0 Å². The van der Waals surface area contributed by atoms with Gasteiger partial charge in [0.15, 0.2) is 0 Å². The molecule has 1 spiro atoms. The third-order valence-corrected chi connectivity index (χ3v) is 4.25. The zero-order chi connectivity index (χ0) is 14.3. The van der Waals surface area contributed by atoms with E-state index in [0.717, 1.165) is 19.5 Å². The summed E-state index contributed by atoms with van der Waals surface area (Å²) in [5.41, 5.74) is 0.454. The van der Waals surface area contributed by atoms with Gasteiger partial charge in [-0.2, -0.15) is 5.10 Å². The lowest BCUT2D eigenvalue weighted by molar-refractivity contribution is -0.119. The van der Waals surface area contributed by atoms with Crippen molar-refractivity contribution in [1.29, 1.82) is 0 Å². The Hall–Kier alpha value is -1.50. The van der Waals surface area contributed by atoms with Gasteiger partial charge in [0.2, 0.25) is 5.91 Å². The Bertz CT molecular complexity index is 530. The third-order valence-electron chi connectivity index (χ3n) is 4.25. The summed E-state index contributed by atoms with van der Waals surface area (Å²) in [6, 6.07) is 0. The number of aryl methyl sites for hydroxylation is 1. The minimum Gasteiger partial charge on any atom is -0.355 e. The first-order valence-electron chi connectivity index (χ1n) is 6.77. The number of hydrogen-bond donors (Lipinski definition) is 1. The summed E-state index contributed by atoms with van der Waals surface area (Å²) in [4.78, 5) is 13.5. The van der Waals surface area contributed by atoms with Crippen molar-refractivity contribution in [3.8, 4) is 0 Å². The van der Waals surface area contributed by atoms with E-state index in [4.69, 9.17) is 0 Å². The first-order valence-corrected chi connectivity index (χ1v) is 6.77. The lowest BCUT2D eigenvalue weighted by atomic mass is 9.86. The molecule has 2 aliphatic heterocycles. The molecule has 1 aromatic rings. The van der Waals surface area contributed by atoms with Crippen LogP contribution in [0.1, 0.15) is 30.5 Å². The largest absolute Gasteiger partial charge is 0.355 e. The van der Waals surface area contributed by atoms with E-state index in [1.165, 1.54) is 4.68 Å². The van der Waals surface area contributed by atoms with Crippen LogP contribution in [0.15, 0.2) is 6.20 Å². The number of carbonyl (C=O) groups excluding carboxylic acids is 1. The Morgan fingerprint density at radius 3 is 3.00 bits per heavy atom. The number of likely N-dealkylation sites (tertiary alicyclic amines) is 1. The smallest absolute Gasteiger partial charge is 0.282 e. The Labute approximate surface area is 115 Å². The van der Waals surface area contributed by atoms with Gasteiger partial charge >= 0.3 is 0 Å². The highest BCUT2D eigenvalue weighted by molar-refractivity contribution is 5.79. The van der Waals surface area contributed by atoms with Crippen molar-refractivity contribution in [3.63, 3.8) is 0 Å². The molecule has 1 atom stereocenters. The van der Waals surface area contributed by atoms with Gasteiger partial charge in [0.05, 0.1) is 0 Å². The number of hydrogen-bond acceptors (Lipinski definition) is 3. The van der Waals surface area contributed by atoms with Gasteiger partial charge < -0.3 is 5.32 Å². The highest BCUT2D eigenvalue weighted by atomic mass is 19.3. The molecule has 0 radical (unpaired) electrons. The molecule has 2 aliphatic rings. The molecule has 2 saturated heterocycles. The van der Waals surface area contributed by atoms with E-state index in [1.54, 1.807) is 13.2 Å². The number of nitrogens with zero attached hydrogens (tertiary/aromatic N) is 3. The monoisotopic (exact) mass is 284 g/mol. The van der Waals surface area contributed by atoms with Gasteiger partial charge in [0.25, 0.3) is 6.43 Å². The summed E-state index contributed by atoms with van der Waals surface area (Å²) >= 11 is 0. The molecule has 0 saturated carbocycles. The minimum absolute atomic E-state index is 0.00425. The van der Waals surface area contributed by atoms with Crippen LogP contribution in [0.5, 0.6) is 0 Å². The summed E-state index contributed by atoms with van der Waals surface area (Å²) in [7, 11) is 1.65. The number of amides is 1. The maximum atomic E-state index is 12.9. The highest BCUT2D eigenvalue weighted by Crippen LogP contribution is 2.37. The van der Waals surface area contributed by atoms with Gasteiger partial charge in [-0.25, -0.2) is 8.78 Å². The van der Waals surface area contributed by atoms with E-state index >= 15 is 0 Å². The molecule has 110 valence electrons. The second-order valence-electron chi connectivity index (χ2n) is 5.93. The van der Waals surface area contributed by atoms with Gasteiger partial charge in [-0.1, -0.05) is 0 Å². The van der Waals surface area contributed by atoms with E-state index in [-0.39, 0.29) is 17.0 Å². The van der Waals surface area contributed by atoms with Gasteiger partial charge in [0, 0.05) is 50.3 Å². The summed E-state index contributed by atoms with van der Waals surface area (Å²) in [5.74, 6) is 0.0986. The maximum absolute atomic E-state index is 12.9. The molecule has 5 nitrogen and oxygen atoms in total. The Kier molecular flexibility index (Phi) is 3.24. The second kappa shape index (κ2) is 4.80. The predicted molar refractivity (Wildman–Crippen MR) is 68.1 cm³/mol. The molecular formula is C13H18F2N4O. The van der Waals surface area contributed by atoms with Crippen LogP contribution in [0.3, 0.4) is 0 Å². The number of aromatic nitrogens is 2. The molecule has 2 fully saturated rings. The fourth-order valence-corrected chi connectivity index (χ4v) is 3.30. The molecule has 1 N–H and O–H groups in total. The van der Waals surface area contributed by atoms with E-state index in [2.05, 4.69) is 15.3 Å². The SMILES string of the molecule is Cn1cc(CN2CCC3(CNC(=O)C3)C2)c(C(F)F)n1. The van der Waals surface area contributed by atoms with Crippen molar-refractivity contribution < 1.29 is 13.6 Å². The van der Waals surface area contributed by atoms with Crippen molar-refractivity contribution in [3.05, 3.63) is 17.5 Å². The number of alkyl halides is 2.